The second-order valence-electron chi connectivity index (χ2n) is 5.75. The average molecular weight is 329 g/mol. The zero-order valence-corrected chi connectivity index (χ0v) is 14.2. The first-order valence-electron chi connectivity index (χ1n) is 7.82. The van der Waals surface area contributed by atoms with Crippen LogP contribution in [-0.4, -0.2) is 30.3 Å². The van der Waals surface area contributed by atoms with Crippen LogP contribution in [0.1, 0.15) is 18.1 Å². The molecule has 2 aromatic rings. The van der Waals surface area contributed by atoms with Crippen LogP contribution in [0.2, 0.25) is 0 Å². The van der Waals surface area contributed by atoms with Crippen molar-refractivity contribution in [2.75, 3.05) is 18.5 Å². The molecule has 2 aromatic carbocycles. The van der Waals surface area contributed by atoms with Gasteiger partial charge < -0.3 is 19.9 Å². The summed E-state index contributed by atoms with van der Waals surface area (Å²) >= 11 is 0. The Hall–Kier alpha value is -2.53. The molecule has 128 valence electrons. The Morgan fingerprint density at radius 1 is 1.08 bits per heavy atom. The van der Waals surface area contributed by atoms with Crippen molar-refractivity contribution in [2.24, 2.45) is 0 Å². The topological polar surface area (TPSA) is 67.8 Å². The second-order valence-corrected chi connectivity index (χ2v) is 5.75. The number of carbonyl (C=O) groups is 1. The van der Waals surface area contributed by atoms with Gasteiger partial charge in [-0.05, 0) is 55.3 Å². The van der Waals surface area contributed by atoms with E-state index in [1.165, 1.54) is 6.92 Å². The molecule has 1 amide bonds. The fourth-order valence-corrected chi connectivity index (χ4v) is 2.13. The van der Waals surface area contributed by atoms with E-state index in [4.69, 9.17) is 9.47 Å². The number of hydrogen-bond donors (Lipinski definition) is 2. The number of aliphatic hydroxyl groups excluding tert-OH is 1. The third-order valence-corrected chi connectivity index (χ3v) is 3.39. The molecule has 0 bridgehead atoms. The van der Waals surface area contributed by atoms with Gasteiger partial charge in [-0.15, -0.1) is 0 Å². The molecule has 2 N–H and O–H groups in total. The van der Waals surface area contributed by atoms with Gasteiger partial charge in [0.05, 0.1) is 0 Å². The van der Waals surface area contributed by atoms with Crippen molar-refractivity contribution >= 4 is 11.6 Å². The lowest BCUT2D eigenvalue weighted by molar-refractivity contribution is -0.114. The molecule has 0 aromatic heterocycles. The summed E-state index contributed by atoms with van der Waals surface area (Å²) in [4.78, 5) is 11.0. The summed E-state index contributed by atoms with van der Waals surface area (Å²) in [6.07, 6.45) is -0.736. The lowest BCUT2D eigenvalue weighted by Gasteiger charge is -2.15. The van der Waals surface area contributed by atoms with Gasteiger partial charge in [0.15, 0.2) is 0 Å². The van der Waals surface area contributed by atoms with Crippen molar-refractivity contribution in [3.05, 3.63) is 53.6 Å². The van der Waals surface area contributed by atoms with Crippen molar-refractivity contribution in [1.82, 2.24) is 0 Å². The molecule has 1 unspecified atom stereocenters. The highest BCUT2D eigenvalue weighted by molar-refractivity contribution is 5.88. The third kappa shape index (κ3) is 5.59. The van der Waals surface area contributed by atoms with E-state index < -0.39 is 6.10 Å². The minimum Gasteiger partial charge on any atom is -0.491 e. The standard InChI is InChI=1S/C19H23NO4/c1-13-4-5-14(2)19(10-13)24-12-17(22)11-23-18-8-6-16(7-9-18)20-15(3)21/h4-10,17,22H,11-12H2,1-3H3,(H,20,21). The molecule has 0 radical (unpaired) electrons. The Morgan fingerprint density at radius 3 is 2.42 bits per heavy atom. The van der Waals surface area contributed by atoms with Crippen molar-refractivity contribution in [2.45, 2.75) is 26.9 Å². The highest BCUT2D eigenvalue weighted by Gasteiger charge is 2.08. The molecule has 0 saturated heterocycles. The number of hydrogen-bond acceptors (Lipinski definition) is 4. The summed E-state index contributed by atoms with van der Waals surface area (Å²) < 4.78 is 11.2. The molecule has 5 nitrogen and oxygen atoms in total. The fraction of sp³-hybridized carbons (Fsp3) is 0.316. The monoisotopic (exact) mass is 329 g/mol. The Kier molecular flexibility index (Phi) is 6.21. The number of rotatable bonds is 7. The fourth-order valence-electron chi connectivity index (χ4n) is 2.13. The molecule has 2 rings (SSSR count). The average Bonchev–Trinajstić information content (AvgIpc) is 2.54. The maximum Gasteiger partial charge on any atom is 0.221 e. The van der Waals surface area contributed by atoms with Gasteiger partial charge in [0.1, 0.15) is 30.8 Å². The zero-order valence-electron chi connectivity index (χ0n) is 14.2. The summed E-state index contributed by atoms with van der Waals surface area (Å²) in [6, 6.07) is 12.9. The van der Waals surface area contributed by atoms with Crippen LogP contribution in [-0.2, 0) is 4.79 Å². The van der Waals surface area contributed by atoms with Crippen molar-refractivity contribution in [3.63, 3.8) is 0 Å². The molecule has 24 heavy (non-hydrogen) atoms. The smallest absolute Gasteiger partial charge is 0.221 e. The molecule has 0 heterocycles. The number of anilines is 1. The molecule has 0 saturated carbocycles. The summed E-state index contributed by atoms with van der Waals surface area (Å²) in [5.41, 5.74) is 2.84. The third-order valence-electron chi connectivity index (χ3n) is 3.39. The number of nitrogens with one attached hydrogen (secondary N) is 1. The van der Waals surface area contributed by atoms with Crippen LogP contribution in [0.3, 0.4) is 0 Å². The first-order valence-corrected chi connectivity index (χ1v) is 7.82. The van der Waals surface area contributed by atoms with E-state index in [0.717, 1.165) is 16.9 Å². The van der Waals surface area contributed by atoms with E-state index in [0.29, 0.717) is 11.4 Å². The molecular formula is C19H23NO4. The largest absolute Gasteiger partial charge is 0.491 e. The van der Waals surface area contributed by atoms with E-state index in [1.807, 2.05) is 32.0 Å². The van der Waals surface area contributed by atoms with Gasteiger partial charge >= 0.3 is 0 Å². The molecule has 0 aliphatic heterocycles. The molecule has 5 heteroatoms. The number of benzene rings is 2. The van der Waals surface area contributed by atoms with E-state index >= 15 is 0 Å². The first kappa shape index (κ1) is 17.8. The summed E-state index contributed by atoms with van der Waals surface area (Å²) in [6.45, 7) is 5.71. The molecule has 0 fully saturated rings. The Bertz CT molecular complexity index is 682. The Balaban J connectivity index is 1.79. The SMILES string of the molecule is CC(=O)Nc1ccc(OCC(O)COc2cc(C)ccc2C)cc1. The van der Waals surface area contributed by atoms with Crippen molar-refractivity contribution < 1.29 is 19.4 Å². The van der Waals surface area contributed by atoms with E-state index in [9.17, 15) is 9.90 Å². The van der Waals surface area contributed by atoms with Gasteiger partial charge in [0.2, 0.25) is 5.91 Å². The van der Waals surface area contributed by atoms with Crippen LogP contribution >= 0.6 is 0 Å². The number of carbonyl (C=O) groups excluding carboxylic acids is 1. The quantitative estimate of drug-likeness (QED) is 0.819. The summed E-state index contributed by atoms with van der Waals surface area (Å²) in [5.74, 6) is 1.27. The van der Waals surface area contributed by atoms with Crippen LogP contribution in [0, 0.1) is 13.8 Å². The molecule has 1 atom stereocenters. The van der Waals surface area contributed by atoms with Gasteiger partial charge in [0.25, 0.3) is 0 Å². The van der Waals surface area contributed by atoms with Crippen LogP contribution in [0.5, 0.6) is 11.5 Å². The van der Waals surface area contributed by atoms with Crippen LogP contribution in [0.15, 0.2) is 42.5 Å². The highest BCUT2D eigenvalue weighted by Crippen LogP contribution is 2.19. The lowest BCUT2D eigenvalue weighted by atomic mass is 10.1. The zero-order chi connectivity index (χ0) is 17.5. The first-order chi connectivity index (χ1) is 11.4. The number of aliphatic hydroxyl groups is 1. The number of amides is 1. The van der Waals surface area contributed by atoms with E-state index in [-0.39, 0.29) is 19.1 Å². The Labute approximate surface area is 142 Å². The highest BCUT2D eigenvalue weighted by atomic mass is 16.5. The van der Waals surface area contributed by atoms with Gasteiger partial charge in [-0.3, -0.25) is 4.79 Å². The molecule has 0 spiro atoms. The minimum atomic E-state index is -0.736. The maximum atomic E-state index is 11.0. The van der Waals surface area contributed by atoms with Crippen molar-refractivity contribution in [1.29, 1.82) is 0 Å². The van der Waals surface area contributed by atoms with Gasteiger partial charge in [-0.25, -0.2) is 0 Å². The normalized spacial score (nSPS) is 11.7. The number of ether oxygens (including phenoxy) is 2. The van der Waals surface area contributed by atoms with Crippen LogP contribution in [0.25, 0.3) is 0 Å². The Morgan fingerprint density at radius 2 is 1.75 bits per heavy atom. The second kappa shape index (κ2) is 8.36. The summed E-state index contributed by atoms with van der Waals surface area (Å²) in [7, 11) is 0. The predicted molar refractivity (Wildman–Crippen MR) is 93.7 cm³/mol. The molecule has 0 aliphatic carbocycles. The molecule has 0 aliphatic rings. The van der Waals surface area contributed by atoms with Crippen molar-refractivity contribution in [3.8, 4) is 11.5 Å². The van der Waals surface area contributed by atoms with Crippen LogP contribution in [0.4, 0.5) is 5.69 Å². The maximum absolute atomic E-state index is 11.0. The number of aryl methyl sites for hydroxylation is 2. The minimum absolute atomic E-state index is 0.123. The van der Waals surface area contributed by atoms with Gasteiger partial charge in [-0.2, -0.15) is 0 Å². The summed E-state index contributed by atoms with van der Waals surface area (Å²) in [5, 5.41) is 12.7. The van der Waals surface area contributed by atoms with E-state index in [1.54, 1.807) is 24.3 Å². The predicted octanol–water partition coefficient (Wildman–Crippen LogP) is 3.08. The van der Waals surface area contributed by atoms with Gasteiger partial charge in [-0.1, -0.05) is 12.1 Å². The molecular weight excluding hydrogens is 306 g/mol. The van der Waals surface area contributed by atoms with E-state index in [2.05, 4.69) is 5.32 Å². The van der Waals surface area contributed by atoms with Gasteiger partial charge in [0, 0.05) is 12.6 Å². The van der Waals surface area contributed by atoms with Crippen LogP contribution < -0.4 is 14.8 Å². The lowest BCUT2D eigenvalue weighted by Crippen LogP contribution is -2.25.